The number of hydrogen-bond acceptors (Lipinski definition) is 4. The fourth-order valence-corrected chi connectivity index (χ4v) is 4.65. The van der Waals surface area contributed by atoms with Crippen molar-refractivity contribution >= 4 is 42.3 Å². The van der Waals surface area contributed by atoms with Gasteiger partial charge in [-0.2, -0.15) is 0 Å². The smallest absolute Gasteiger partial charge is 0.254 e. The highest BCUT2D eigenvalue weighted by Crippen LogP contribution is 2.35. The van der Waals surface area contributed by atoms with Crippen LogP contribution in [0.25, 0.3) is 0 Å². The van der Waals surface area contributed by atoms with E-state index in [1.165, 1.54) is 5.56 Å². The van der Waals surface area contributed by atoms with E-state index >= 15 is 0 Å². The first-order valence-corrected chi connectivity index (χ1v) is 11.1. The Morgan fingerprint density at radius 2 is 1.79 bits per heavy atom. The quantitative estimate of drug-likeness (QED) is 0.654. The van der Waals surface area contributed by atoms with Crippen molar-refractivity contribution in [3.05, 3.63) is 59.2 Å². The number of methoxy groups -OCH3 is 1. The predicted octanol–water partition coefficient (Wildman–Crippen LogP) is 4.20. The average molecular weight is 494 g/mol. The molecule has 33 heavy (non-hydrogen) atoms. The fraction of sp³-hybridized carbons (Fsp3) is 0.440. The Morgan fingerprint density at radius 1 is 1.09 bits per heavy atom. The molecule has 2 aromatic rings. The highest BCUT2D eigenvalue weighted by molar-refractivity contribution is 6.02. The number of fused-ring (bicyclic) bond motifs is 1. The van der Waals surface area contributed by atoms with Gasteiger partial charge in [0.1, 0.15) is 5.75 Å². The van der Waals surface area contributed by atoms with Crippen LogP contribution in [-0.4, -0.2) is 61.4 Å². The molecule has 6 nitrogen and oxygen atoms in total. The molecule has 0 atom stereocenters. The molecule has 0 aromatic heterocycles. The van der Waals surface area contributed by atoms with Gasteiger partial charge in [0.2, 0.25) is 5.91 Å². The molecule has 2 aliphatic rings. The van der Waals surface area contributed by atoms with Crippen LogP contribution in [-0.2, 0) is 17.6 Å². The maximum absolute atomic E-state index is 13.3. The number of benzene rings is 2. The Bertz CT molecular complexity index is 947. The van der Waals surface area contributed by atoms with Gasteiger partial charge in [-0.3, -0.25) is 9.59 Å². The minimum absolute atomic E-state index is 0. The number of rotatable bonds is 6. The van der Waals surface area contributed by atoms with Crippen molar-refractivity contribution in [1.29, 1.82) is 0 Å². The van der Waals surface area contributed by atoms with E-state index in [1.807, 2.05) is 17.0 Å². The third kappa shape index (κ3) is 6.19. The number of nitrogens with one attached hydrogen (secondary N) is 1. The summed E-state index contributed by atoms with van der Waals surface area (Å²) in [6.07, 6.45) is 3.96. The van der Waals surface area contributed by atoms with Crippen molar-refractivity contribution in [3.63, 3.8) is 0 Å². The molecule has 1 fully saturated rings. The summed E-state index contributed by atoms with van der Waals surface area (Å²) in [6.45, 7) is 2.53. The van der Waals surface area contributed by atoms with Gasteiger partial charge in [-0.1, -0.05) is 30.3 Å². The lowest BCUT2D eigenvalue weighted by molar-refractivity contribution is -0.116. The molecule has 2 aromatic carbocycles. The number of carbonyl (C=O) groups excluding carboxylic acids is 2. The van der Waals surface area contributed by atoms with Crippen molar-refractivity contribution < 1.29 is 14.3 Å². The highest BCUT2D eigenvalue weighted by atomic mass is 35.5. The molecule has 2 amide bonds. The maximum Gasteiger partial charge on any atom is 0.254 e. The minimum Gasteiger partial charge on any atom is -0.495 e. The first kappa shape index (κ1) is 27.0. The summed E-state index contributed by atoms with van der Waals surface area (Å²) in [4.78, 5) is 29.5. The van der Waals surface area contributed by atoms with Crippen LogP contribution >= 0.6 is 24.8 Å². The molecular weight excluding hydrogens is 461 g/mol. The third-order valence-corrected chi connectivity index (χ3v) is 6.56. The predicted molar refractivity (Wildman–Crippen MR) is 136 cm³/mol. The second-order valence-electron chi connectivity index (χ2n) is 8.46. The van der Waals surface area contributed by atoms with E-state index in [4.69, 9.17) is 4.74 Å². The van der Waals surface area contributed by atoms with Crippen LogP contribution in [0.3, 0.4) is 0 Å². The molecule has 0 radical (unpaired) electrons. The lowest BCUT2D eigenvalue weighted by atomic mass is 9.94. The molecule has 2 aliphatic heterocycles. The Hall–Kier alpha value is -2.28. The summed E-state index contributed by atoms with van der Waals surface area (Å²) in [7, 11) is 3.77. The number of likely N-dealkylation sites (N-methyl/N-ethyl adjacent to an activating group) is 1. The molecule has 180 valence electrons. The summed E-state index contributed by atoms with van der Waals surface area (Å²) < 4.78 is 5.39. The number of amides is 2. The fourth-order valence-electron chi connectivity index (χ4n) is 4.65. The second kappa shape index (κ2) is 12.3. The van der Waals surface area contributed by atoms with E-state index in [-0.39, 0.29) is 36.6 Å². The van der Waals surface area contributed by atoms with Crippen LogP contribution in [0.4, 0.5) is 5.69 Å². The van der Waals surface area contributed by atoms with Gasteiger partial charge in [-0.05, 0) is 56.0 Å². The summed E-state index contributed by atoms with van der Waals surface area (Å²) in [5, 5.41) is 2.89. The zero-order valence-corrected chi connectivity index (χ0v) is 20.8. The molecule has 1 N–H and O–H groups in total. The van der Waals surface area contributed by atoms with Crippen LogP contribution < -0.4 is 10.1 Å². The number of halogens is 2. The SMILES string of the molecule is COc1ccc(C(=O)N2CCC(N(C)CCc3ccccc3)CC2)c2c1NC(=O)CC2.Cl.Cl. The Balaban J connectivity index is 0.00000193. The first-order valence-electron chi connectivity index (χ1n) is 11.1. The number of nitrogens with zero attached hydrogens (tertiary/aromatic N) is 2. The zero-order valence-electron chi connectivity index (χ0n) is 19.2. The zero-order chi connectivity index (χ0) is 21.8. The van der Waals surface area contributed by atoms with E-state index in [0.717, 1.165) is 44.5 Å². The number of ether oxygens (including phenoxy) is 1. The van der Waals surface area contributed by atoms with Gasteiger partial charge in [0.25, 0.3) is 5.91 Å². The van der Waals surface area contributed by atoms with Crippen LogP contribution in [0.2, 0.25) is 0 Å². The largest absolute Gasteiger partial charge is 0.495 e. The van der Waals surface area contributed by atoms with Crippen molar-refractivity contribution in [3.8, 4) is 5.75 Å². The van der Waals surface area contributed by atoms with Gasteiger partial charge in [0.05, 0.1) is 12.8 Å². The van der Waals surface area contributed by atoms with Gasteiger partial charge in [0, 0.05) is 37.7 Å². The van der Waals surface area contributed by atoms with Crippen LogP contribution in [0, 0.1) is 0 Å². The van der Waals surface area contributed by atoms with E-state index < -0.39 is 0 Å². The molecule has 2 heterocycles. The molecule has 0 aliphatic carbocycles. The minimum atomic E-state index is -0.0326. The van der Waals surface area contributed by atoms with Crippen molar-refractivity contribution in [1.82, 2.24) is 9.80 Å². The van der Waals surface area contributed by atoms with Crippen molar-refractivity contribution in [2.45, 2.75) is 38.1 Å². The van der Waals surface area contributed by atoms with Gasteiger partial charge < -0.3 is 19.9 Å². The standard InChI is InChI=1S/C25H31N3O3.2ClH/c1-27(15-12-18-6-4-3-5-7-18)19-13-16-28(17-14-19)25(30)21-8-10-22(31-2)24-20(21)9-11-23(29)26-24;;/h3-8,10,19H,9,11-17H2,1-2H3,(H,26,29);2*1H. The Labute approximate surface area is 208 Å². The summed E-state index contributed by atoms with van der Waals surface area (Å²) in [6, 6.07) is 14.7. The molecule has 0 bridgehead atoms. The van der Waals surface area contributed by atoms with Gasteiger partial charge >= 0.3 is 0 Å². The topological polar surface area (TPSA) is 61.9 Å². The molecule has 4 rings (SSSR count). The summed E-state index contributed by atoms with van der Waals surface area (Å²) in [5.74, 6) is 0.633. The molecule has 1 saturated heterocycles. The number of hydrogen-bond donors (Lipinski definition) is 1. The number of anilines is 1. The van der Waals surface area contributed by atoms with Crippen LogP contribution in [0.15, 0.2) is 42.5 Å². The lowest BCUT2D eigenvalue weighted by Crippen LogP contribution is -2.46. The monoisotopic (exact) mass is 493 g/mol. The molecule has 8 heteroatoms. The van der Waals surface area contributed by atoms with Gasteiger partial charge in [-0.15, -0.1) is 24.8 Å². The lowest BCUT2D eigenvalue weighted by Gasteiger charge is -2.37. The van der Waals surface area contributed by atoms with E-state index in [9.17, 15) is 9.59 Å². The molecular formula is C25H33Cl2N3O3. The van der Waals surface area contributed by atoms with Crippen LogP contribution in [0.1, 0.15) is 40.7 Å². The second-order valence-corrected chi connectivity index (χ2v) is 8.46. The van der Waals surface area contributed by atoms with E-state index in [2.05, 4.69) is 41.5 Å². The first-order chi connectivity index (χ1) is 15.1. The number of piperidine rings is 1. The van der Waals surface area contributed by atoms with E-state index in [0.29, 0.717) is 35.9 Å². The third-order valence-electron chi connectivity index (χ3n) is 6.56. The maximum atomic E-state index is 13.3. The summed E-state index contributed by atoms with van der Waals surface area (Å²) >= 11 is 0. The van der Waals surface area contributed by atoms with Crippen molar-refractivity contribution in [2.24, 2.45) is 0 Å². The van der Waals surface area contributed by atoms with Crippen LogP contribution in [0.5, 0.6) is 5.75 Å². The summed E-state index contributed by atoms with van der Waals surface area (Å²) in [5.41, 5.74) is 3.59. The molecule has 0 unspecified atom stereocenters. The number of carbonyl (C=O) groups is 2. The Morgan fingerprint density at radius 3 is 2.45 bits per heavy atom. The molecule has 0 spiro atoms. The van der Waals surface area contributed by atoms with Gasteiger partial charge in [-0.25, -0.2) is 0 Å². The normalized spacial score (nSPS) is 15.7. The number of likely N-dealkylation sites (tertiary alicyclic amines) is 1. The van der Waals surface area contributed by atoms with E-state index in [1.54, 1.807) is 13.2 Å². The average Bonchev–Trinajstić information content (AvgIpc) is 2.82. The van der Waals surface area contributed by atoms with Crippen molar-refractivity contribution in [2.75, 3.05) is 39.1 Å². The Kier molecular flexibility index (Phi) is 10.0. The molecule has 0 saturated carbocycles. The highest BCUT2D eigenvalue weighted by Gasteiger charge is 2.30. The van der Waals surface area contributed by atoms with Gasteiger partial charge in [0.15, 0.2) is 0 Å².